The fourth-order valence-electron chi connectivity index (χ4n) is 4.80. The van der Waals surface area contributed by atoms with E-state index in [1.54, 1.807) is 26.4 Å². The van der Waals surface area contributed by atoms with Gasteiger partial charge in [0, 0.05) is 23.1 Å². The fourth-order valence-corrected chi connectivity index (χ4v) is 4.80. The molecule has 1 N–H and O–H groups in total. The van der Waals surface area contributed by atoms with E-state index in [-0.39, 0.29) is 17.4 Å². The number of fused-ring (bicyclic) bond motifs is 3. The Morgan fingerprint density at radius 1 is 0.944 bits per heavy atom. The highest BCUT2D eigenvalue weighted by molar-refractivity contribution is 6.02. The van der Waals surface area contributed by atoms with Crippen LogP contribution in [0.1, 0.15) is 45.7 Å². The van der Waals surface area contributed by atoms with Gasteiger partial charge >= 0.3 is 5.97 Å². The Kier molecular flexibility index (Phi) is 6.05. The molecule has 9 nitrogen and oxygen atoms in total. The van der Waals surface area contributed by atoms with Crippen LogP contribution in [0.25, 0.3) is 0 Å². The first-order valence-electron chi connectivity index (χ1n) is 11.3. The van der Waals surface area contributed by atoms with Crippen molar-refractivity contribution >= 4 is 11.7 Å². The highest BCUT2D eigenvalue weighted by Gasteiger charge is 2.44. The average Bonchev–Trinajstić information content (AvgIpc) is 3.37. The first kappa shape index (κ1) is 23.3. The minimum absolute atomic E-state index is 0.0519. The third-order valence-corrected chi connectivity index (χ3v) is 6.46. The number of para-hydroxylation sites is 1. The molecule has 3 aromatic carbocycles. The summed E-state index contributed by atoms with van der Waals surface area (Å²) in [5.41, 5.74) is 2.99. The Hall–Kier alpha value is -4.40. The SMILES string of the molecule is COc1cccc(C2=NN3C(C2)c2cccc(OC)c2OC3c2ccc(OC)c(OC)c2C(=O)O)c1. The summed E-state index contributed by atoms with van der Waals surface area (Å²) < 4.78 is 28.2. The fraction of sp³-hybridized carbons (Fsp3) is 0.259. The number of ether oxygens (including phenoxy) is 5. The van der Waals surface area contributed by atoms with Crippen LogP contribution in [-0.2, 0) is 0 Å². The quantitative estimate of drug-likeness (QED) is 0.511. The molecule has 5 rings (SSSR count). The van der Waals surface area contributed by atoms with Crippen LogP contribution in [0.4, 0.5) is 0 Å². The van der Waals surface area contributed by atoms with Gasteiger partial charge in [-0.3, -0.25) is 0 Å². The molecule has 0 aromatic heterocycles. The van der Waals surface area contributed by atoms with Crippen LogP contribution < -0.4 is 23.7 Å². The minimum atomic E-state index is -1.16. The van der Waals surface area contributed by atoms with Crippen molar-refractivity contribution in [3.8, 4) is 28.7 Å². The van der Waals surface area contributed by atoms with Gasteiger partial charge in [0.15, 0.2) is 23.0 Å². The molecule has 3 aromatic rings. The maximum atomic E-state index is 12.4. The van der Waals surface area contributed by atoms with Gasteiger partial charge in [0.2, 0.25) is 6.23 Å². The molecule has 2 aliphatic heterocycles. The lowest BCUT2D eigenvalue weighted by Gasteiger charge is -2.39. The normalized spacial score (nSPS) is 17.9. The second kappa shape index (κ2) is 9.33. The predicted octanol–water partition coefficient (Wildman–Crippen LogP) is 4.66. The molecular weight excluding hydrogens is 464 g/mol. The van der Waals surface area contributed by atoms with Crippen molar-refractivity contribution < 1.29 is 33.6 Å². The molecule has 0 saturated heterocycles. The Balaban J connectivity index is 1.69. The summed E-state index contributed by atoms with van der Waals surface area (Å²) in [5, 5.41) is 16.9. The van der Waals surface area contributed by atoms with Crippen molar-refractivity contribution in [2.24, 2.45) is 5.10 Å². The smallest absolute Gasteiger partial charge is 0.340 e. The molecule has 2 atom stereocenters. The highest BCUT2D eigenvalue weighted by Crippen LogP contribution is 2.52. The molecule has 2 heterocycles. The number of carbonyl (C=O) groups is 1. The van der Waals surface area contributed by atoms with E-state index in [9.17, 15) is 9.90 Å². The van der Waals surface area contributed by atoms with Crippen LogP contribution in [0.2, 0.25) is 0 Å². The van der Waals surface area contributed by atoms with Crippen molar-refractivity contribution in [3.05, 3.63) is 76.9 Å². The monoisotopic (exact) mass is 490 g/mol. The third-order valence-electron chi connectivity index (χ3n) is 6.46. The number of hydrogen-bond acceptors (Lipinski definition) is 8. The van der Waals surface area contributed by atoms with Gasteiger partial charge in [-0.15, -0.1) is 0 Å². The molecule has 0 amide bonds. The van der Waals surface area contributed by atoms with Crippen molar-refractivity contribution in [2.75, 3.05) is 28.4 Å². The molecular formula is C27H26N2O7. The number of nitrogens with zero attached hydrogens (tertiary/aromatic N) is 2. The first-order valence-corrected chi connectivity index (χ1v) is 11.3. The van der Waals surface area contributed by atoms with Crippen molar-refractivity contribution in [2.45, 2.75) is 18.7 Å². The number of carboxylic acid groups (broad SMARTS) is 1. The molecule has 0 bridgehead atoms. The van der Waals surface area contributed by atoms with Gasteiger partial charge in [0.1, 0.15) is 11.3 Å². The van der Waals surface area contributed by atoms with Gasteiger partial charge in [-0.1, -0.05) is 24.3 Å². The lowest BCUT2D eigenvalue weighted by atomic mass is 9.94. The van der Waals surface area contributed by atoms with Crippen molar-refractivity contribution in [1.82, 2.24) is 5.01 Å². The van der Waals surface area contributed by atoms with Gasteiger partial charge < -0.3 is 28.8 Å². The molecule has 2 aliphatic rings. The standard InChI is InChI=1S/C27H26N2O7/c1-32-16-8-5-7-15(13-16)19-14-20-17-9-6-10-21(33-2)24(17)36-26(29(20)28-19)18-11-12-22(34-3)25(35-4)23(18)27(30)31/h5-13,20,26H,14H2,1-4H3,(H,30,31). The molecule has 0 spiro atoms. The van der Waals surface area contributed by atoms with Gasteiger partial charge in [0.05, 0.1) is 40.2 Å². The van der Waals surface area contributed by atoms with Gasteiger partial charge in [-0.25, -0.2) is 9.80 Å². The number of benzene rings is 3. The maximum absolute atomic E-state index is 12.4. The van der Waals surface area contributed by atoms with E-state index in [0.717, 1.165) is 22.6 Å². The lowest BCUT2D eigenvalue weighted by Crippen LogP contribution is -2.35. The van der Waals surface area contributed by atoms with Crippen molar-refractivity contribution in [3.63, 3.8) is 0 Å². The largest absolute Gasteiger partial charge is 0.497 e. The Bertz CT molecular complexity index is 1350. The van der Waals surface area contributed by atoms with Crippen LogP contribution in [0, 0.1) is 0 Å². The zero-order valence-corrected chi connectivity index (χ0v) is 20.3. The minimum Gasteiger partial charge on any atom is -0.497 e. The summed E-state index contributed by atoms with van der Waals surface area (Å²) in [6.45, 7) is 0. The van der Waals surface area contributed by atoms with E-state index >= 15 is 0 Å². The number of aromatic carboxylic acids is 1. The number of methoxy groups -OCH3 is 4. The van der Waals surface area contributed by atoms with E-state index in [1.165, 1.54) is 14.2 Å². The number of carboxylic acids is 1. The zero-order chi connectivity index (χ0) is 25.4. The summed E-state index contributed by atoms with van der Waals surface area (Å²) in [7, 11) is 6.07. The summed E-state index contributed by atoms with van der Waals surface area (Å²) in [6, 6.07) is 16.5. The van der Waals surface area contributed by atoms with E-state index in [4.69, 9.17) is 28.8 Å². The molecule has 2 unspecified atom stereocenters. The topological polar surface area (TPSA) is 99.1 Å². The Labute approximate surface area is 208 Å². The summed E-state index contributed by atoms with van der Waals surface area (Å²) >= 11 is 0. The Morgan fingerprint density at radius 3 is 2.42 bits per heavy atom. The van der Waals surface area contributed by atoms with Gasteiger partial charge in [-0.2, -0.15) is 5.10 Å². The maximum Gasteiger partial charge on any atom is 0.340 e. The molecule has 9 heteroatoms. The second-order valence-electron chi connectivity index (χ2n) is 8.30. The second-order valence-corrected chi connectivity index (χ2v) is 8.30. The van der Waals surface area contributed by atoms with Crippen molar-refractivity contribution in [1.29, 1.82) is 0 Å². The zero-order valence-electron chi connectivity index (χ0n) is 20.3. The molecule has 186 valence electrons. The van der Waals surface area contributed by atoms with Crippen LogP contribution in [0.5, 0.6) is 28.7 Å². The van der Waals surface area contributed by atoms with E-state index in [0.29, 0.717) is 29.2 Å². The van der Waals surface area contributed by atoms with Crippen LogP contribution in [-0.4, -0.2) is 50.2 Å². The number of rotatable bonds is 7. The third kappa shape index (κ3) is 3.73. The van der Waals surface area contributed by atoms with E-state index in [2.05, 4.69) is 0 Å². The Morgan fingerprint density at radius 2 is 1.72 bits per heavy atom. The molecule has 0 aliphatic carbocycles. The summed E-state index contributed by atoms with van der Waals surface area (Å²) in [6.07, 6.45) is -0.268. The van der Waals surface area contributed by atoms with Crippen LogP contribution >= 0.6 is 0 Å². The van der Waals surface area contributed by atoms with E-state index < -0.39 is 12.2 Å². The first-order chi connectivity index (χ1) is 17.5. The van der Waals surface area contributed by atoms with E-state index in [1.807, 2.05) is 47.5 Å². The van der Waals surface area contributed by atoms with Crippen LogP contribution in [0.15, 0.2) is 59.7 Å². The molecule has 0 saturated carbocycles. The molecule has 36 heavy (non-hydrogen) atoms. The average molecular weight is 491 g/mol. The number of hydrogen-bond donors (Lipinski definition) is 1. The highest BCUT2D eigenvalue weighted by atomic mass is 16.5. The number of hydrazone groups is 1. The molecule has 0 fully saturated rings. The molecule has 0 radical (unpaired) electrons. The summed E-state index contributed by atoms with van der Waals surface area (Å²) in [4.78, 5) is 12.4. The summed E-state index contributed by atoms with van der Waals surface area (Å²) in [5.74, 6) is 1.10. The van der Waals surface area contributed by atoms with Gasteiger partial charge in [-0.05, 0) is 30.3 Å². The predicted molar refractivity (Wildman–Crippen MR) is 132 cm³/mol. The van der Waals surface area contributed by atoms with Crippen LogP contribution in [0.3, 0.4) is 0 Å². The lowest BCUT2D eigenvalue weighted by molar-refractivity contribution is -0.0217. The van der Waals surface area contributed by atoms with Gasteiger partial charge in [0.25, 0.3) is 0 Å².